The highest BCUT2D eigenvalue weighted by molar-refractivity contribution is 7.99. The van der Waals surface area contributed by atoms with E-state index in [0.29, 0.717) is 11.5 Å². The van der Waals surface area contributed by atoms with Gasteiger partial charge in [-0.2, -0.15) is 13.2 Å². The van der Waals surface area contributed by atoms with E-state index in [4.69, 9.17) is 16.0 Å². The van der Waals surface area contributed by atoms with Crippen molar-refractivity contribution in [3.63, 3.8) is 0 Å². The normalized spacial score (nSPS) is 11.4. The number of alkyl halides is 3. The number of amides is 1. The van der Waals surface area contributed by atoms with Gasteiger partial charge in [-0.1, -0.05) is 84.0 Å². The lowest BCUT2D eigenvalue weighted by Gasteiger charge is -2.11. The first kappa shape index (κ1) is 22.9. The van der Waals surface area contributed by atoms with Crippen molar-refractivity contribution in [3.05, 3.63) is 89.4 Å². The number of hydrogen-bond donors (Lipinski definition) is 1. The van der Waals surface area contributed by atoms with Gasteiger partial charge in [0.15, 0.2) is 5.76 Å². The molecule has 4 nitrogen and oxygen atoms in total. The van der Waals surface area contributed by atoms with Crippen molar-refractivity contribution in [1.82, 2.24) is 4.98 Å². The lowest BCUT2D eigenvalue weighted by Crippen LogP contribution is -2.15. The maximum absolute atomic E-state index is 13.0. The molecule has 0 fully saturated rings. The molecule has 3 aromatic carbocycles. The molecule has 0 aliphatic heterocycles. The number of aromatic nitrogens is 1. The average Bonchev–Trinajstić information content (AvgIpc) is 3.24. The number of anilines is 1. The van der Waals surface area contributed by atoms with Crippen molar-refractivity contribution in [2.24, 2.45) is 0 Å². The fraction of sp³-hybridized carbons (Fsp3) is 0.0833. The molecule has 0 radical (unpaired) electrons. The van der Waals surface area contributed by atoms with Gasteiger partial charge < -0.3 is 9.73 Å². The van der Waals surface area contributed by atoms with Gasteiger partial charge in [0, 0.05) is 16.8 Å². The molecule has 0 saturated carbocycles. The van der Waals surface area contributed by atoms with E-state index in [1.54, 1.807) is 0 Å². The number of hydrogen-bond acceptors (Lipinski definition) is 4. The summed E-state index contributed by atoms with van der Waals surface area (Å²) in [6.07, 6.45) is -4.62. The molecule has 9 heteroatoms. The molecule has 1 N–H and O–H groups in total. The average molecular weight is 489 g/mol. The van der Waals surface area contributed by atoms with Crippen molar-refractivity contribution >= 4 is 35.0 Å². The molecule has 0 aliphatic rings. The van der Waals surface area contributed by atoms with Crippen molar-refractivity contribution in [2.45, 2.75) is 11.4 Å². The van der Waals surface area contributed by atoms with E-state index in [2.05, 4.69) is 10.3 Å². The molecule has 0 atom stereocenters. The highest BCUT2D eigenvalue weighted by atomic mass is 35.5. The second-order valence-electron chi connectivity index (χ2n) is 6.92. The number of halogens is 4. The predicted molar refractivity (Wildman–Crippen MR) is 123 cm³/mol. The summed E-state index contributed by atoms with van der Waals surface area (Å²) in [6.45, 7) is 0. The first-order chi connectivity index (χ1) is 15.8. The van der Waals surface area contributed by atoms with Crippen molar-refractivity contribution in [1.29, 1.82) is 0 Å². The maximum atomic E-state index is 13.0. The summed E-state index contributed by atoms with van der Waals surface area (Å²) in [7, 11) is 0. The van der Waals surface area contributed by atoms with Gasteiger partial charge in [-0.05, 0) is 18.2 Å². The Hall–Kier alpha value is -3.23. The number of rotatable bonds is 6. The molecule has 33 heavy (non-hydrogen) atoms. The van der Waals surface area contributed by atoms with E-state index in [0.717, 1.165) is 35.0 Å². The van der Waals surface area contributed by atoms with E-state index < -0.39 is 22.7 Å². The predicted octanol–water partition coefficient (Wildman–Crippen LogP) is 7.41. The van der Waals surface area contributed by atoms with Gasteiger partial charge in [0.25, 0.3) is 5.22 Å². The van der Waals surface area contributed by atoms with Crippen LogP contribution in [0.2, 0.25) is 5.02 Å². The van der Waals surface area contributed by atoms with Gasteiger partial charge in [0.1, 0.15) is 5.69 Å². The monoisotopic (exact) mass is 488 g/mol. The lowest BCUT2D eigenvalue weighted by molar-refractivity contribution is -0.137. The van der Waals surface area contributed by atoms with Gasteiger partial charge in [0.05, 0.1) is 16.3 Å². The highest BCUT2D eigenvalue weighted by Gasteiger charge is 2.33. The number of nitrogens with zero attached hydrogens (tertiary/aromatic N) is 1. The Morgan fingerprint density at radius 1 is 0.970 bits per heavy atom. The number of nitrogens with one attached hydrogen (secondary N) is 1. The zero-order chi connectivity index (χ0) is 23.4. The zero-order valence-corrected chi connectivity index (χ0v) is 18.5. The van der Waals surface area contributed by atoms with Crippen molar-refractivity contribution < 1.29 is 22.4 Å². The van der Waals surface area contributed by atoms with Crippen LogP contribution in [0.4, 0.5) is 18.9 Å². The third kappa shape index (κ3) is 5.58. The van der Waals surface area contributed by atoms with E-state index in [-0.39, 0.29) is 16.7 Å². The van der Waals surface area contributed by atoms with Gasteiger partial charge >= 0.3 is 6.18 Å². The minimum absolute atomic E-state index is 0.000298. The molecule has 168 valence electrons. The molecule has 0 unspecified atom stereocenters. The standard InChI is InChI=1S/C24H16ClF3N2O2S/c25-19-12-11-17(13-18(19)24(26,27)28)29-20(31)14-33-23-30-21(15-7-3-1-4-8-15)22(32-23)16-9-5-2-6-10-16/h1-13H,14H2,(H,29,31). The van der Waals surface area contributed by atoms with E-state index in [9.17, 15) is 18.0 Å². The Balaban J connectivity index is 1.51. The molecule has 0 bridgehead atoms. The molecular formula is C24H16ClF3N2O2S. The molecule has 1 amide bonds. The molecule has 1 heterocycles. The summed E-state index contributed by atoms with van der Waals surface area (Å²) in [5.74, 6) is -0.0409. The SMILES string of the molecule is O=C(CSc1nc(-c2ccccc2)c(-c2ccccc2)o1)Nc1ccc(Cl)c(C(F)(F)F)c1. The number of benzene rings is 3. The topological polar surface area (TPSA) is 55.1 Å². The zero-order valence-electron chi connectivity index (χ0n) is 16.9. The van der Waals surface area contributed by atoms with Crippen LogP contribution >= 0.6 is 23.4 Å². The summed E-state index contributed by atoms with van der Waals surface area (Å²) >= 11 is 6.67. The van der Waals surface area contributed by atoms with E-state index >= 15 is 0 Å². The second-order valence-corrected chi connectivity index (χ2v) is 8.25. The Kier molecular flexibility index (Phi) is 6.76. The van der Waals surface area contributed by atoms with Gasteiger partial charge in [0.2, 0.25) is 5.91 Å². The quantitative estimate of drug-likeness (QED) is 0.287. The van der Waals surface area contributed by atoms with Crippen LogP contribution in [0.15, 0.2) is 88.5 Å². The molecule has 1 aromatic heterocycles. The Labute approximate surface area is 196 Å². The molecule has 0 saturated heterocycles. The first-order valence-electron chi connectivity index (χ1n) is 9.72. The molecular weight excluding hydrogens is 473 g/mol. The van der Waals surface area contributed by atoms with Gasteiger partial charge in [-0.25, -0.2) is 4.98 Å². The maximum Gasteiger partial charge on any atom is 0.417 e. The summed E-state index contributed by atoms with van der Waals surface area (Å²) in [6, 6.07) is 22.1. The number of carbonyl (C=O) groups excluding carboxylic acids is 1. The van der Waals surface area contributed by atoms with Crippen molar-refractivity contribution in [2.75, 3.05) is 11.1 Å². The molecule has 4 aromatic rings. The summed E-state index contributed by atoms with van der Waals surface area (Å²) in [4.78, 5) is 16.9. The van der Waals surface area contributed by atoms with Crippen LogP contribution in [-0.4, -0.2) is 16.6 Å². The van der Waals surface area contributed by atoms with Crippen LogP contribution in [0.1, 0.15) is 5.56 Å². The smallest absolute Gasteiger partial charge is 0.417 e. The summed E-state index contributed by atoms with van der Waals surface area (Å²) in [5.41, 5.74) is 1.32. The minimum Gasteiger partial charge on any atom is -0.431 e. The van der Waals surface area contributed by atoms with Crippen LogP contribution in [0.25, 0.3) is 22.6 Å². The Bertz CT molecular complexity index is 1200. The summed E-state index contributed by atoms with van der Waals surface area (Å²) < 4.78 is 45.0. The molecule has 4 rings (SSSR count). The lowest BCUT2D eigenvalue weighted by atomic mass is 10.1. The van der Waals surface area contributed by atoms with E-state index in [1.807, 2.05) is 60.7 Å². The minimum atomic E-state index is -4.62. The van der Waals surface area contributed by atoms with Crippen LogP contribution < -0.4 is 5.32 Å². The van der Waals surface area contributed by atoms with Gasteiger partial charge in [-0.15, -0.1) is 0 Å². The second kappa shape index (κ2) is 9.72. The number of oxazole rings is 1. The summed E-state index contributed by atoms with van der Waals surface area (Å²) in [5, 5.41) is 2.29. The molecule has 0 aliphatic carbocycles. The Morgan fingerprint density at radius 3 is 2.24 bits per heavy atom. The van der Waals surface area contributed by atoms with E-state index in [1.165, 1.54) is 6.07 Å². The van der Waals surface area contributed by atoms with Gasteiger partial charge in [-0.3, -0.25) is 4.79 Å². The molecule has 0 spiro atoms. The third-order valence-electron chi connectivity index (χ3n) is 4.57. The fourth-order valence-electron chi connectivity index (χ4n) is 3.08. The third-order valence-corrected chi connectivity index (χ3v) is 5.73. The number of thioether (sulfide) groups is 1. The highest BCUT2D eigenvalue weighted by Crippen LogP contribution is 2.37. The number of carbonyl (C=O) groups is 1. The first-order valence-corrected chi connectivity index (χ1v) is 11.1. The van der Waals surface area contributed by atoms with Crippen LogP contribution in [0.5, 0.6) is 0 Å². The van der Waals surface area contributed by atoms with Crippen LogP contribution in [0.3, 0.4) is 0 Å². The Morgan fingerprint density at radius 2 is 1.61 bits per heavy atom. The fourth-order valence-corrected chi connectivity index (χ4v) is 3.93. The largest absolute Gasteiger partial charge is 0.431 e. The van der Waals surface area contributed by atoms with Crippen molar-refractivity contribution in [3.8, 4) is 22.6 Å². The van der Waals surface area contributed by atoms with Crippen LogP contribution in [-0.2, 0) is 11.0 Å². The van der Waals surface area contributed by atoms with Crippen LogP contribution in [0, 0.1) is 0 Å².